The van der Waals surface area contributed by atoms with E-state index in [1.165, 1.54) is 12.1 Å². The minimum absolute atomic E-state index is 0.0169. The van der Waals surface area contributed by atoms with E-state index >= 15 is 0 Å². The maximum absolute atomic E-state index is 14.5. The molecule has 3 rings (SSSR count). The van der Waals surface area contributed by atoms with Gasteiger partial charge in [0.15, 0.2) is 17.4 Å². The van der Waals surface area contributed by atoms with Crippen molar-refractivity contribution in [2.75, 3.05) is 12.9 Å². The normalized spacial score (nSPS) is 20.8. The number of rotatable bonds is 6. The fraction of sp³-hybridized carbons (Fsp3) is 0.400. The van der Waals surface area contributed by atoms with E-state index in [1.54, 1.807) is 6.07 Å². The Bertz CT molecular complexity index is 1120. The number of ether oxygens (including phenoxy) is 1. The average Bonchev–Trinajstić information content (AvgIpc) is 2.67. The third-order valence-electron chi connectivity index (χ3n) is 4.94. The van der Waals surface area contributed by atoms with Crippen molar-refractivity contribution in [1.82, 2.24) is 9.71 Å². The summed E-state index contributed by atoms with van der Waals surface area (Å²) in [7, 11) is -3.62. The fourth-order valence-electron chi connectivity index (χ4n) is 3.51. The molecule has 2 aromatic rings. The molecule has 0 unspecified atom stereocenters. The molecule has 1 saturated carbocycles. The first-order valence-corrected chi connectivity index (χ1v) is 11.2. The second-order valence-electron chi connectivity index (χ2n) is 7.48. The smallest absolute Gasteiger partial charge is 0.248 e. The van der Waals surface area contributed by atoms with Gasteiger partial charge in [0.2, 0.25) is 15.9 Å². The van der Waals surface area contributed by atoms with Gasteiger partial charge in [-0.1, -0.05) is 0 Å². The number of hydrogen-bond acceptors (Lipinski definition) is 5. The molecule has 0 radical (unpaired) electrons. The molecule has 0 amide bonds. The molecule has 1 aromatic carbocycles. The quantitative estimate of drug-likeness (QED) is 0.669. The molecule has 1 fully saturated rings. The topological polar surface area (TPSA) is 92.1 Å². The minimum Gasteiger partial charge on any atom is -0.490 e. The molecule has 0 spiro atoms. The van der Waals surface area contributed by atoms with Crippen molar-refractivity contribution in [1.29, 1.82) is 5.26 Å². The predicted molar refractivity (Wildman–Crippen MR) is 104 cm³/mol. The lowest BCUT2D eigenvalue weighted by Crippen LogP contribution is -2.48. The van der Waals surface area contributed by atoms with Crippen LogP contribution in [0, 0.1) is 28.9 Å². The summed E-state index contributed by atoms with van der Waals surface area (Å²) in [4.78, 5) is 3.82. The first kappa shape index (κ1) is 23.0. The van der Waals surface area contributed by atoms with Gasteiger partial charge in [-0.05, 0) is 30.7 Å². The summed E-state index contributed by atoms with van der Waals surface area (Å²) in [6.45, 7) is -0.331. The Morgan fingerprint density at radius 2 is 2.03 bits per heavy atom. The van der Waals surface area contributed by atoms with Crippen molar-refractivity contribution in [3.05, 3.63) is 47.7 Å². The zero-order valence-corrected chi connectivity index (χ0v) is 17.2. The molecule has 166 valence electrons. The van der Waals surface area contributed by atoms with Gasteiger partial charge < -0.3 is 4.74 Å². The summed E-state index contributed by atoms with van der Waals surface area (Å²) in [5.74, 6) is -5.74. The summed E-state index contributed by atoms with van der Waals surface area (Å²) < 4.78 is 87.0. The van der Waals surface area contributed by atoms with Crippen LogP contribution in [0.5, 0.6) is 5.75 Å². The van der Waals surface area contributed by atoms with Gasteiger partial charge in [0.05, 0.1) is 18.4 Å². The maximum Gasteiger partial charge on any atom is 0.248 e. The van der Waals surface area contributed by atoms with E-state index in [4.69, 9.17) is 10.00 Å². The first-order valence-electron chi connectivity index (χ1n) is 9.31. The summed E-state index contributed by atoms with van der Waals surface area (Å²) in [6.07, 6.45) is 0.966. The summed E-state index contributed by atoms with van der Waals surface area (Å²) in [5, 5.41) is 8.77. The number of aromatic nitrogens is 1. The van der Waals surface area contributed by atoms with Crippen molar-refractivity contribution in [3.8, 4) is 23.1 Å². The van der Waals surface area contributed by atoms with Gasteiger partial charge in [-0.2, -0.15) is 5.26 Å². The highest BCUT2D eigenvalue weighted by Gasteiger charge is 2.42. The molecule has 1 heterocycles. The van der Waals surface area contributed by atoms with Crippen molar-refractivity contribution < 1.29 is 30.7 Å². The first-order chi connectivity index (χ1) is 14.5. The Kier molecular flexibility index (Phi) is 6.52. The number of benzene rings is 1. The number of nitriles is 1. The Morgan fingerprint density at radius 3 is 2.65 bits per heavy atom. The van der Waals surface area contributed by atoms with E-state index in [1.807, 2.05) is 0 Å². The van der Waals surface area contributed by atoms with E-state index in [2.05, 4.69) is 9.71 Å². The van der Waals surface area contributed by atoms with Crippen LogP contribution in [-0.4, -0.2) is 38.2 Å². The number of nitrogens with one attached hydrogen (secondary N) is 1. The molecule has 1 aliphatic rings. The number of pyridine rings is 1. The van der Waals surface area contributed by atoms with Crippen LogP contribution in [0.3, 0.4) is 0 Å². The lowest BCUT2D eigenvalue weighted by molar-refractivity contribution is -0.0662. The fourth-order valence-corrected chi connectivity index (χ4v) is 4.37. The van der Waals surface area contributed by atoms with Gasteiger partial charge in [0, 0.05) is 36.6 Å². The van der Waals surface area contributed by atoms with Crippen LogP contribution in [0.1, 0.15) is 24.8 Å². The van der Waals surface area contributed by atoms with Crippen LogP contribution >= 0.6 is 0 Å². The summed E-state index contributed by atoms with van der Waals surface area (Å²) in [5.41, 5.74) is -0.0373. The zero-order valence-electron chi connectivity index (χ0n) is 16.4. The standard InChI is InChI=1S/C20H19F4N3O3S/c1-31(28,29)27-17-4-5-20(23,24)8-14(17)11-30-18-3-2-13(7-15(18)21)19-16(22)6-12(9-25)10-26-19/h2-3,6-7,10,14,17,27H,4-5,8,11H2,1H3/t14-,17-/m0/s1. The molecular formula is C20H19F4N3O3S. The highest BCUT2D eigenvalue weighted by Crippen LogP contribution is 2.37. The van der Waals surface area contributed by atoms with Gasteiger partial charge in [0.1, 0.15) is 11.8 Å². The number of halogens is 4. The molecule has 0 bridgehead atoms. The number of hydrogen-bond donors (Lipinski definition) is 1. The largest absolute Gasteiger partial charge is 0.490 e. The molecule has 1 aliphatic carbocycles. The summed E-state index contributed by atoms with van der Waals surface area (Å²) in [6, 6.07) is 5.50. The van der Waals surface area contributed by atoms with Crippen LogP contribution in [0.25, 0.3) is 11.3 Å². The lowest BCUT2D eigenvalue weighted by atomic mass is 9.83. The molecule has 11 heteroatoms. The lowest BCUT2D eigenvalue weighted by Gasteiger charge is -2.35. The predicted octanol–water partition coefficient (Wildman–Crippen LogP) is 3.63. The molecule has 31 heavy (non-hydrogen) atoms. The van der Waals surface area contributed by atoms with Gasteiger partial charge in [-0.15, -0.1) is 0 Å². The molecule has 1 aromatic heterocycles. The van der Waals surface area contributed by atoms with Crippen LogP contribution < -0.4 is 9.46 Å². The molecule has 1 N–H and O–H groups in total. The number of sulfonamides is 1. The van der Waals surface area contributed by atoms with Crippen LogP contribution in [0.15, 0.2) is 30.5 Å². The minimum atomic E-state index is -3.62. The second kappa shape index (κ2) is 8.80. The molecule has 0 aliphatic heterocycles. The van der Waals surface area contributed by atoms with Crippen LogP contribution in [0.2, 0.25) is 0 Å². The Balaban J connectivity index is 1.75. The molecule has 6 nitrogen and oxygen atoms in total. The average molecular weight is 457 g/mol. The van der Waals surface area contributed by atoms with Gasteiger partial charge >= 0.3 is 0 Å². The van der Waals surface area contributed by atoms with Crippen LogP contribution in [-0.2, 0) is 10.0 Å². The van der Waals surface area contributed by atoms with E-state index in [0.29, 0.717) is 0 Å². The van der Waals surface area contributed by atoms with Crippen molar-refractivity contribution in [3.63, 3.8) is 0 Å². The Labute approximate surface area is 176 Å². The SMILES string of the molecule is CS(=O)(=O)N[C@H]1CCC(F)(F)C[C@H]1COc1ccc(-c2ncc(C#N)cc2F)cc1F. The molecule has 2 atom stereocenters. The van der Waals surface area contributed by atoms with Crippen molar-refractivity contribution >= 4 is 10.0 Å². The highest BCUT2D eigenvalue weighted by atomic mass is 32.2. The van der Waals surface area contributed by atoms with Gasteiger partial charge in [0.25, 0.3) is 0 Å². The molecule has 0 saturated heterocycles. The van der Waals surface area contributed by atoms with Gasteiger partial charge in [-0.25, -0.2) is 30.7 Å². The van der Waals surface area contributed by atoms with E-state index in [9.17, 15) is 26.0 Å². The van der Waals surface area contributed by atoms with Gasteiger partial charge in [-0.3, -0.25) is 4.98 Å². The highest BCUT2D eigenvalue weighted by molar-refractivity contribution is 7.88. The maximum atomic E-state index is 14.5. The Hall–Kier alpha value is -2.71. The van der Waals surface area contributed by atoms with E-state index in [0.717, 1.165) is 24.6 Å². The molecular weight excluding hydrogens is 438 g/mol. The monoisotopic (exact) mass is 457 g/mol. The number of alkyl halides is 2. The van der Waals surface area contributed by atoms with E-state index < -0.39 is 52.4 Å². The van der Waals surface area contributed by atoms with Crippen molar-refractivity contribution in [2.45, 2.75) is 31.2 Å². The third kappa shape index (κ3) is 5.92. The Morgan fingerprint density at radius 1 is 1.29 bits per heavy atom. The zero-order chi connectivity index (χ0) is 22.8. The third-order valence-corrected chi connectivity index (χ3v) is 5.68. The second-order valence-corrected chi connectivity index (χ2v) is 9.26. The summed E-state index contributed by atoms with van der Waals surface area (Å²) >= 11 is 0. The van der Waals surface area contributed by atoms with Crippen LogP contribution in [0.4, 0.5) is 17.6 Å². The van der Waals surface area contributed by atoms with Crippen molar-refractivity contribution in [2.24, 2.45) is 5.92 Å². The number of nitrogens with zero attached hydrogens (tertiary/aromatic N) is 2. The van der Waals surface area contributed by atoms with E-state index in [-0.39, 0.29) is 35.6 Å².